The molecule has 0 saturated heterocycles. The van der Waals surface area contributed by atoms with E-state index in [1.54, 1.807) is 43.7 Å². The SMILES string of the molecule is CC(C)(C)OC(=O)NC(CCn1cnc2ncccc21)C(F)(F)F. The molecule has 0 aliphatic heterocycles. The lowest BCUT2D eigenvalue weighted by Gasteiger charge is -2.25. The fourth-order valence-corrected chi connectivity index (χ4v) is 2.11. The zero-order valence-corrected chi connectivity index (χ0v) is 13.6. The molecule has 132 valence electrons. The van der Waals surface area contributed by atoms with Gasteiger partial charge in [-0.05, 0) is 39.3 Å². The Morgan fingerprint density at radius 3 is 2.67 bits per heavy atom. The van der Waals surface area contributed by atoms with Gasteiger partial charge in [0.05, 0.1) is 11.8 Å². The highest BCUT2D eigenvalue weighted by atomic mass is 19.4. The van der Waals surface area contributed by atoms with Gasteiger partial charge in [0, 0.05) is 12.7 Å². The van der Waals surface area contributed by atoms with E-state index < -0.39 is 23.9 Å². The molecule has 2 heterocycles. The standard InChI is InChI=1S/C15H19F3N4O2/c1-14(2,3)24-13(23)21-11(15(16,17)18)6-8-22-9-20-12-10(22)5-4-7-19-12/h4-5,7,9,11H,6,8H2,1-3H3,(H,21,23). The normalized spacial score (nSPS) is 13.8. The van der Waals surface area contributed by atoms with Crippen LogP contribution in [0.4, 0.5) is 18.0 Å². The second kappa shape index (κ2) is 6.66. The molecular formula is C15H19F3N4O2. The number of aromatic nitrogens is 3. The number of carbonyl (C=O) groups excluding carboxylic acids is 1. The minimum absolute atomic E-state index is 0.0299. The number of nitrogens with zero attached hydrogens (tertiary/aromatic N) is 3. The smallest absolute Gasteiger partial charge is 0.408 e. The van der Waals surface area contributed by atoms with Crippen LogP contribution in [-0.2, 0) is 11.3 Å². The van der Waals surface area contributed by atoms with Crippen molar-refractivity contribution in [3.8, 4) is 0 Å². The Labute approximate surface area is 137 Å². The maximum atomic E-state index is 13.1. The Morgan fingerprint density at radius 1 is 1.33 bits per heavy atom. The summed E-state index contributed by atoms with van der Waals surface area (Å²) >= 11 is 0. The van der Waals surface area contributed by atoms with Gasteiger partial charge in [-0.2, -0.15) is 13.2 Å². The molecule has 0 fully saturated rings. The zero-order valence-electron chi connectivity index (χ0n) is 13.6. The topological polar surface area (TPSA) is 69.0 Å². The fourth-order valence-electron chi connectivity index (χ4n) is 2.11. The summed E-state index contributed by atoms with van der Waals surface area (Å²) in [6, 6.07) is 1.39. The van der Waals surface area contributed by atoms with Gasteiger partial charge in [0.1, 0.15) is 11.6 Å². The number of carbonyl (C=O) groups is 1. The first kappa shape index (κ1) is 18.0. The van der Waals surface area contributed by atoms with Crippen LogP contribution < -0.4 is 5.32 Å². The monoisotopic (exact) mass is 344 g/mol. The molecule has 0 aliphatic carbocycles. The Morgan fingerprint density at radius 2 is 2.04 bits per heavy atom. The van der Waals surface area contributed by atoms with E-state index in [1.807, 2.05) is 5.32 Å². The summed E-state index contributed by atoms with van der Waals surface area (Å²) in [4.78, 5) is 19.7. The van der Waals surface area contributed by atoms with Gasteiger partial charge >= 0.3 is 12.3 Å². The molecule has 2 rings (SSSR count). The van der Waals surface area contributed by atoms with Crippen LogP contribution in [-0.4, -0.2) is 38.4 Å². The Kier molecular flexibility index (Phi) is 5.00. The number of rotatable bonds is 4. The lowest BCUT2D eigenvalue weighted by atomic mass is 10.2. The molecule has 2 aromatic heterocycles. The summed E-state index contributed by atoms with van der Waals surface area (Å²) in [6.45, 7) is 4.78. The second-order valence-corrected chi connectivity index (χ2v) is 6.31. The molecule has 0 radical (unpaired) electrons. The zero-order chi connectivity index (χ0) is 18.0. The highest BCUT2D eigenvalue weighted by Gasteiger charge is 2.41. The highest BCUT2D eigenvalue weighted by Crippen LogP contribution is 2.24. The molecule has 6 nitrogen and oxygen atoms in total. The van der Waals surface area contributed by atoms with Crippen molar-refractivity contribution in [3.05, 3.63) is 24.7 Å². The van der Waals surface area contributed by atoms with E-state index in [-0.39, 0.29) is 13.0 Å². The van der Waals surface area contributed by atoms with E-state index in [0.717, 1.165) is 0 Å². The fraction of sp³-hybridized carbons (Fsp3) is 0.533. The number of hydrogen-bond acceptors (Lipinski definition) is 4. The summed E-state index contributed by atoms with van der Waals surface area (Å²) in [5, 5.41) is 1.89. The van der Waals surface area contributed by atoms with E-state index in [0.29, 0.717) is 11.2 Å². The summed E-state index contributed by atoms with van der Waals surface area (Å²) in [6.07, 6.45) is -3.03. The average molecular weight is 344 g/mol. The van der Waals surface area contributed by atoms with Crippen molar-refractivity contribution in [2.75, 3.05) is 0 Å². The lowest BCUT2D eigenvalue weighted by molar-refractivity contribution is -0.157. The van der Waals surface area contributed by atoms with Gasteiger partial charge in [-0.3, -0.25) is 0 Å². The van der Waals surface area contributed by atoms with Crippen LogP contribution in [0.5, 0.6) is 0 Å². The van der Waals surface area contributed by atoms with Crippen LogP contribution in [0.25, 0.3) is 11.2 Å². The van der Waals surface area contributed by atoms with Gasteiger partial charge < -0.3 is 14.6 Å². The van der Waals surface area contributed by atoms with Crippen LogP contribution in [0, 0.1) is 0 Å². The molecule has 0 spiro atoms. The van der Waals surface area contributed by atoms with Crippen molar-refractivity contribution in [1.29, 1.82) is 0 Å². The van der Waals surface area contributed by atoms with E-state index >= 15 is 0 Å². The molecule has 0 saturated carbocycles. The Hall–Kier alpha value is -2.32. The van der Waals surface area contributed by atoms with Crippen molar-refractivity contribution < 1.29 is 22.7 Å². The first-order valence-corrected chi connectivity index (χ1v) is 7.38. The number of pyridine rings is 1. The maximum Gasteiger partial charge on any atom is 0.408 e. The predicted molar refractivity (Wildman–Crippen MR) is 81.4 cm³/mol. The summed E-state index contributed by atoms with van der Waals surface area (Å²) < 4.78 is 45.9. The number of imidazole rings is 1. The van der Waals surface area contributed by atoms with Crippen LogP contribution >= 0.6 is 0 Å². The first-order chi connectivity index (χ1) is 11.1. The molecule has 0 aliphatic rings. The number of amides is 1. The molecular weight excluding hydrogens is 325 g/mol. The molecule has 2 aromatic rings. The van der Waals surface area contributed by atoms with Crippen molar-refractivity contribution in [2.24, 2.45) is 0 Å². The molecule has 9 heteroatoms. The number of hydrogen-bond donors (Lipinski definition) is 1. The van der Waals surface area contributed by atoms with Crippen LogP contribution in [0.2, 0.25) is 0 Å². The molecule has 1 unspecified atom stereocenters. The van der Waals surface area contributed by atoms with E-state index in [2.05, 4.69) is 9.97 Å². The molecule has 24 heavy (non-hydrogen) atoms. The summed E-state index contributed by atoms with van der Waals surface area (Å²) in [5.41, 5.74) is 0.226. The molecule has 0 bridgehead atoms. The van der Waals surface area contributed by atoms with Gasteiger partial charge in [0.2, 0.25) is 0 Å². The number of alkyl carbamates (subject to hydrolysis) is 1. The maximum absolute atomic E-state index is 13.1. The van der Waals surface area contributed by atoms with E-state index in [4.69, 9.17) is 4.74 Å². The van der Waals surface area contributed by atoms with Crippen molar-refractivity contribution in [3.63, 3.8) is 0 Å². The molecule has 1 atom stereocenters. The lowest BCUT2D eigenvalue weighted by Crippen LogP contribution is -2.47. The third-order valence-corrected chi connectivity index (χ3v) is 3.14. The van der Waals surface area contributed by atoms with Gasteiger partial charge in [-0.1, -0.05) is 0 Å². The average Bonchev–Trinajstić information content (AvgIpc) is 2.83. The minimum Gasteiger partial charge on any atom is -0.444 e. The summed E-state index contributed by atoms with van der Waals surface area (Å²) in [5.74, 6) is 0. The molecule has 0 aromatic carbocycles. The third kappa shape index (κ3) is 4.84. The molecule has 1 N–H and O–H groups in total. The molecule has 1 amide bonds. The van der Waals surface area contributed by atoms with E-state index in [9.17, 15) is 18.0 Å². The third-order valence-electron chi connectivity index (χ3n) is 3.14. The van der Waals surface area contributed by atoms with Gasteiger partial charge in [-0.25, -0.2) is 14.8 Å². The first-order valence-electron chi connectivity index (χ1n) is 7.38. The van der Waals surface area contributed by atoms with Crippen molar-refractivity contribution in [2.45, 2.75) is 51.6 Å². The number of halogens is 3. The van der Waals surface area contributed by atoms with Crippen molar-refractivity contribution >= 4 is 17.3 Å². The summed E-state index contributed by atoms with van der Waals surface area (Å²) in [7, 11) is 0. The number of ether oxygens (including phenoxy) is 1. The van der Waals surface area contributed by atoms with Crippen LogP contribution in [0.15, 0.2) is 24.7 Å². The van der Waals surface area contributed by atoms with E-state index in [1.165, 1.54) is 6.33 Å². The Bertz CT molecular complexity index is 707. The van der Waals surface area contributed by atoms with Gasteiger partial charge in [-0.15, -0.1) is 0 Å². The number of aryl methyl sites for hydroxylation is 1. The van der Waals surface area contributed by atoms with Gasteiger partial charge in [0.25, 0.3) is 0 Å². The largest absolute Gasteiger partial charge is 0.444 e. The van der Waals surface area contributed by atoms with Crippen molar-refractivity contribution in [1.82, 2.24) is 19.9 Å². The van der Waals surface area contributed by atoms with Crippen LogP contribution in [0.3, 0.4) is 0 Å². The number of nitrogens with one attached hydrogen (secondary N) is 1. The second-order valence-electron chi connectivity index (χ2n) is 6.31. The number of fused-ring (bicyclic) bond motifs is 1. The van der Waals surface area contributed by atoms with Crippen LogP contribution in [0.1, 0.15) is 27.2 Å². The highest BCUT2D eigenvalue weighted by molar-refractivity contribution is 5.70. The minimum atomic E-state index is -4.58. The number of alkyl halides is 3. The quantitative estimate of drug-likeness (QED) is 0.924. The predicted octanol–water partition coefficient (Wildman–Crippen LogP) is 3.28. The van der Waals surface area contributed by atoms with Gasteiger partial charge in [0.15, 0.2) is 5.65 Å². The Balaban J connectivity index is 2.05.